The van der Waals surface area contributed by atoms with Crippen molar-refractivity contribution >= 4 is 16.0 Å². The molecule has 0 aliphatic heterocycles. The quantitative estimate of drug-likeness (QED) is 0.840. The Bertz CT molecular complexity index is 611. The van der Waals surface area contributed by atoms with Crippen LogP contribution in [0.2, 0.25) is 0 Å². The molecule has 0 amide bonds. The summed E-state index contributed by atoms with van der Waals surface area (Å²) in [4.78, 5) is 10.3. The predicted octanol–water partition coefficient (Wildman–Crippen LogP) is 1.94. The second kappa shape index (κ2) is 6.44. The molecule has 1 aromatic rings. The molecule has 0 atom stereocenters. The highest BCUT2D eigenvalue weighted by Gasteiger charge is 2.36. The number of carbonyl (C=O) groups excluding carboxylic acids is 1. The van der Waals surface area contributed by atoms with Gasteiger partial charge in [-0.2, -0.15) is 17.9 Å². The summed E-state index contributed by atoms with van der Waals surface area (Å²) in [6.07, 6.45) is -5.27. The van der Waals surface area contributed by atoms with Crippen molar-refractivity contribution in [1.82, 2.24) is 4.72 Å². The second-order valence-corrected chi connectivity index (χ2v) is 6.09. The molecule has 0 saturated heterocycles. The van der Waals surface area contributed by atoms with Gasteiger partial charge in [0, 0.05) is 0 Å². The fourth-order valence-corrected chi connectivity index (χ4v) is 2.67. The van der Waals surface area contributed by atoms with Gasteiger partial charge in [0.05, 0.1) is 16.6 Å². The minimum Gasteiger partial charge on any atom is -0.462 e. The third-order valence-corrected chi connectivity index (χ3v) is 3.72. The molecule has 118 valence electrons. The van der Waals surface area contributed by atoms with Crippen molar-refractivity contribution in [3.8, 4) is 0 Å². The van der Waals surface area contributed by atoms with Gasteiger partial charge in [-0.05, 0) is 26.0 Å². The molecule has 0 saturated carbocycles. The Morgan fingerprint density at radius 1 is 1.29 bits per heavy atom. The molecular formula is C12H14F3NO4S. The van der Waals surface area contributed by atoms with Crippen LogP contribution in [0.3, 0.4) is 0 Å². The molecule has 1 rings (SSSR count). The average molecular weight is 325 g/mol. The molecule has 5 nitrogen and oxygen atoms in total. The van der Waals surface area contributed by atoms with Crippen LogP contribution >= 0.6 is 0 Å². The first kappa shape index (κ1) is 17.4. The molecule has 1 N–H and O–H groups in total. The van der Waals surface area contributed by atoms with E-state index in [2.05, 4.69) is 0 Å². The van der Waals surface area contributed by atoms with Crippen molar-refractivity contribution in [2.45, 2.75) is 31.0 Å². The van der Waals surface area contributed by atoms with Gasteiger partial charge in [0.2, 0.25) is 10.0 Å². The molecule has 0 spiro atoms. The fourth-order valence-electron chi connectivity index (χ4n) is 1.47. The Kier molecular flexibility index (Phi) is 5.35. The number of sulfonamides is 1. The number of rotatable bonds is 5. The van der Waals surface area contributed by atoms with E-state index in [1.807, 2.05) is 0 Å². The Morgan fingerprint density at radius 3 is 2.38 bits per heavy atom. The van der Waals surface area contributed by atoms with Crippen molar-refractivity contribution in [2.24, 2.45) is 0 Å². The number of hydrogen-bond acceptors (Lipinski definition) is 4. The first-order valence-electron chi connectivity index (χ1n) is 5.89. The van der Waals surface area contributed by atoms with Gasteiger partial charge in [0.15, 0.2) is 0 Å². The van der Waals surface area contributed by atoms with E-state index in [-0.39, 0.29) is 0 Å². The monoisotopic (exact) mass is 325 g/mol. The van der Waals surface area contributed by atoms with Gasteiger partial charge in [0.1, 0.15) is 6.54 Å². The lowest BCUT2D eigenvalue weighted by atomic mass is 10.2. The Hall–Kier alpha value is -1.61. The molecule has 0 radical (unpaired) electrons. The van der Waals surface area contributed by atoms with Gasteiger partial charge in [-0.3, -0.25) is 4.79 Å². The number of esters is 1. The number of alkyl halides is 3. The number of ether oxygens (including phenoxy) is 1. The Balaban J connectivity index is 2.97. The lowest BCUT2D eigenvalue weighted by Crippen LogP contribution is -2.32. The highest BCUT2D eigenvalue weighted by atomic mass is 32.2. The SMILES string of the molecule is CC(C)OC(=O)CNS(=O)(=O)c1ccccc1C(F)(F)F. The smallest absolute Gasteiger partial charge is 0.417 e. The first-order chi connectivity index (χ1) is 9.54. The molecule has 21 heavy (non-hydrogen) atoms. The largest absolute Gasteiger partial charge is 0.462 e. The minimum atomic E-state index is -4.82. The Morgan fingerprint density at radius 2 is 1.86 bits per heavy atom. The third-order valence-electron chi connectivity index (χ3n) is 2.26. The van der Waals surface area contributed by atoms with Crippen molar-refractivity contribution in [2.75, 3.05) is 6.54 Å². The van der Waals surface area contributed by atoms with Gasteiger partial charge in [-0.1, -0.05) is 12.1 Å². The topological polar surface area (TPSA) is 72.5 Å². The van der Waals surface area contributed by atoms with Crippen LogP contribution in [0, 0.1) is 0 Å². The maximum absolute atomic E-state index is 12.8. The van der Waals surface area contributed by atoms with Crippen molar-refractivity contribution < 1.29 is 31.1 Å². The van der Waals surface area contributed by atoms with Crippen LogP contribution < -0.4 is 4.72 Å². The van der Waals surface area contributed by atoms with Crippen LogP contribution in [0.1, 0.15) is 19.4 Å². The maximum Gasteiger partial charge on any atom is 0.417 e. The van der Waals surface area contributed by atoms with Gasteiger partial charge in [0.25, 0.3) is 0 Å². The zero-order valence-corrected chi connectivity index (χ0v) is 12.1. The maximum atomic E-state index is 12.8. The normalized spacial score (nSPS) is 12.5. The number of nitrogens with one attached hydrogen (secondary N) is 1. The molecule has 0 aromatic heterocycles. The van der Waals surface area contributed by atoms with Gasteiger partial charge >= 0.3 is 12.1 Å². The standard InChI is InChI=1S/C12H14F3NO4S/c1-8(2)20-11(17)7-16-21(18,19)10-6-4-3-5-9(10)12(13,14)15/h3-6,8,16H,7H2,1-2H3. The van der Waals surface area contributed by atoms with Crippen molar-refractivity contribution in [3.63, 3.8) is 0 Å². The molecule has 0 aliphatic carbocycles. The first-order valence-corrected chi connectivity index (χ1v) is 7.37. The molecule has 9 heteroatoms. The molecule has 0 fully saturated rings. The molecule has 1 aromatic carbocycles. The fraction of sp³-hybridized carbons (Fsp3) is 0.417. The summed E-state index contributed by atoms with van der Waals surface area (Å²) in [6, 6.07) is 3.71. The van der Waals surface area contributed by atoms with E-state index >= 15 is 0 Å². The number of carbonyl (C=O) groups is 1. The third kappa shape index (κ3) is 5.01. The predicted molar refractivity (Wildman–Crippen MR) is 67.9 cm³/mol. The van der Waals surface area contributed by atoms with E-state index in [4.69, 9.17) is 4.74 Å². The lowest BCUT2D eigenvalue weighted by Gasteiger charge is -2.14. The van der Waals surface area contributed by atoms with E-state index in [0.29, 0.717) is 6.07 Å². The van der Waals surface area contributed by atoms with Gasteiger partial charge < -0.3 is 4.74 Å². The van der Waals surface area contributed by atoms with Crippen molar-refractivity contribution in [3.05, 3.63) is 29.8 Å². The molecule has 0 heterocycles. The summed E-state index contributed by atoms with van der Waals surface area (Å²) in [5.41, 5.74) is -1.30. The summed E-state index contributed by atoms with van der Waals surface area (Å²) in [5, 5.41) is 0. The highest BCUT2D eigenvalue weighted by Crippen LogP contribution is 2.33. The van der Waals surface area contributed by atoms with Gasteiger partial charge in [-0.15, -0.1) is 0 Å². The highest BCUT2D eigenvalue weighted by molar-refractivity contribution is 7.89. The van der Waals surface area contributed by atoms with Crippen LogP contribution in [-0.4, -0.2) is 27.0 Å². The number of benzene rings is 1. The molecule has 0 aliphatic rings. The van der Waals surface area contributed by atoms with Crippen LogP contribution in [0.15, 0.2) is 29.2 Å². The Labute approximate surface area is 120 Å². The molecule has 0 unspecified atom stereocenters. The van der Waals surface area contributed by atoms with Crippen LogP contribution in [0.5, 0.6) is 0 Å². The summed E-state index contributed by atoms with van der Waals surface area (Å²) in [6.45, 7) is 2.38. The summed E-state index contributed by atoms with van der Waals surface area (Å²) in [5.74, 6) is -0.877. The van der Waals surface area contributed by atoms with Crippen LogP contribution in [0.25, 0.3) is 0 Å². The minimum absolute atomic E-state index is 0.454. The average Bonchev–Trinajstić information content (AvgIpc) is 2.35. The summed E-state index contributed by atoms with van der Waals surface area (Å²) >= 11 is 0. The van der Waals surface area contributed by atoms with Crippen molar-refractivity contribution in [1.29, 1.82) is 0 Å². The zero-order valence-electron chi connectivity index (χ0n) is 11.3. The van der Waals surface area contributed by atoms with E-state index < -0.39 is 45.3 Å². The van der Waals surface area contributed by atoms with E-state index in [9.17, 15) is 26.4 Å². The van der Waals surface area contributed by atoms with E-state index in [0.717, 1.165) is 18.2 Å². The zero-order chi connectivity index (χ0) is 16.3. The summed E-state index contributed by atoms with van der Waals surface area (Å²) < 4.78 is 68.5. The lowest BCUT2D eigenvalue weighted by molar-refractivity contribution is -0.145. The van der Waals surface area contributed by atoms with E-state index in [1.54, 1.807) is 18.6 Å². The van der Waals surface area contributed by atoms with Crippen LogP contribution in [-0.2, 0) is 25.7 Å². The number of halogens is 3. The summed E-state index contributed by atoms with van der Waals surface area (Å²) in [7, 11) is -4.48. The van der Waals surface area contributed by atoms with Crippen LogP contribution in [0.4, 0.5) is 13.2 Å². The second-order valence-electron chi connectivity index (χ2n) is 4.36. The molecular weight excluding hydrogens is 311 g/mol. The molecule has 0 bridgehead atoms. The number of hydrogen-bond donors (Lipinski definition) is 1. The van der Waals surface area contributed by atoms with E-state index in [1.165, 1.54) is 0 Å². The van der Waals surface area contributed by atoms with Gasteiger partial charge in [-0.25, -0.2) is 8.42 Å².